The molecule has 7 heteroatoms. The first kappa shape index (κ1) is 17.5. The zero-order valence-corrected chi connectivity index (χ0v) is 14.8. The average Bonchev–Trinajstić information content (AvgIpc) is 2.60. The Kier molecular flexibility index (Phi) is 4.81. The second-order valence-corrected chi connectivity index (χ2v) is 7.01. The van der Waals surface area contributed by atoms with E-state index in [0.717, 1.165) is 11.1 Å². The molecule has 1 aliphatic rings. The van der Waals surface area contributed by atoms with Crippen LogP contribution in [0.4, 0.5) is 5.69 Å². The van der Waals surface area contributed by atoms with Crippen LogP contribution in [0, 0.1) is 12.3 Å². The third-order valence-electron chi connectivity index (χ3n) is 5.15. The highest BCUT2D eigenvalue weighted by Crippen LogP contribution is 2.37. The quantitative estimate of drug-likeness (QED) is 0.872. The van der Waals surface area contributed by atoms with Gasteiger partial charge in [0.2, 0.25) is 5.91 Å². The van der Waals surface area contributed by atoms with E-state index in [1.54, 1.807) is 6.20 Å². The number of anilines is 1. The molecule has 0 radical (unpaired) electrons. The van der Waals surface area contributed by atoms with Crippen molar-refractivity contribution >= 4 is 23.2 Å². The van der Waals surface area contributed by atoms with Crippen molar-refractivity contribution in [1.82, 2.24) is 10.2 Å². The van der Waals surface area contributed by atoms with Crippen LogP contribution in [0.15, 0.2) is 35.3 Å². The van der Waals surface area contributed by atoms with Crippen molar-refractivity contribution in [3.63, 3.8) is 0 Å². The molecule has 0 unspecified atom stereocenters. The van der Waals surface area contributed by atoms with E-state index in [1.165, 1.54) is 0 Å². The van der Waals surface area contributed by atoms with Crippen molar-refractivity contribution in [3.8, 4) is 0 Å². The van der Waals surface area contributed by atoms with E-state index in [9.17, 15) is 9.59 Å². The van der Waals surface area contributed by atoms with Gasteiger partial charge in [0.05, 0.1) is 17.3 Å². The van der Waals surface area contributed by atoms with Crippen LogP contribution in [0.5, 0.6) is 0 Å². The van der Waals surface area contributed by atoms with Crippen LogP contribution < -0.4 is 16.2 Å². The number of primary amides is 1. The Morgan fingerprint density at radius 3 is 2.68 bits per heavy atom. The minimum Gasteiger partial charge on any atom is -0.369 e. The summed E-state index contributed by atoms with van der Waals surface area (Å²) in [6.07, 6.45) is 3.39. The number of carbonyl (C=O) groups is 1. The lowest BCUT2D eigenvalue weighted by Gasteiger charge is -2.41. The number of aromatic nitrogens is 2. The van der Waals surface area contributed by atoms with Gasteiger partial charge in [-0.15, -0.1) is 0 Å². The highest BCUT2D eigenvalue weighted by Gasteiger charge is 2.40. The minimum absolute atomic E-state index is 0.125. The van der Waals surface area contributed by atoms with Crippen LogP contribution in [0.2, 0.25) is 5.02 Å². The summed E-state index contributed by atoms with van der Waals surface area (Å²) in [5.41, 5.74) is 7.70. The van der Waals surface area contributed by atoms with Gasteiger partial charge in [-0.3, -0.25) is 9.59 Å². The number of hydrogen-bond acceptors (Lipinski definition) is 4. The van der Waals surface area contributed by atoms with Crippen LogP contribution in [-0.4, -0.2) is 29.2 Å². The molecule has 1 saturated heterocycles. The minimum atomic E-state index is -0.580. The molecular weight excluding hydrogens is 340 g/mol. The molecular formula is C18H21ClN4O2. The van der Waals surface area contributed by atoms with E-state index < -0.39 is 11.0 Å². The fourth-order valence-corrected chi connectivity index (χ4v) is 3.66. The molecule has 0 aliphatic carbocycles. The summed E-state index contributed by atoms with van der Waals surface area (Å²) in [5.74, 6) is -0.273. The summed E-state index contributed by atoms with van der Waals surface area (Å²) < 4.78 is 0. The fourth-order valence-electron chi connectivity index (χ4n) is 3.45. The third kappa shape index (κ3) is 3.39. The van der Waals surface area contributed by atoms with Gasteiger partial charge < -0.3 is 10.6 Å². The number of halogens is 1. The number of aromatic amines is 1. The molecule has 2 heterocycles. The molecule has 1 aliphatic heterocycles. The molecule has 3 rings (SSSR count). The molecule has 6 nitrogen and oxygen atoms in total. The van der Waals surface area contributed by atoms with Gasteiger partial charge >= 0.3 is 0 Å². The molecule has 1 aromatic carbocycles. The summed E-state index contributed by atoms with van der Waals surface area (Å²) in [6.45, 7) is 3.24. The van der Waals surface area contributed by atoms with Gasteiger partial charge in [0.15, 0.2) is 0 Å². The van der Waals surface area contributed by atoms with E-state index >= 15 is 0 Å². The topological polar surface area (TPSA) is 92.1 Å². The van der Waals surface area contributed by atoms with E-state index in [-0.39, 0.29) is 10.9 Å². The van der Waals surface area contributed by atoms with Gasteiger partial charge in [-0.25, -0.2) is 5.10 Å². The van der Waals surface area contributed by atoms with Crippen LogP contribution in [0.3, 0.4) is 0 Å². The van der Waals surface area contributed by atoms with Gasteiger partial charge in [0.1, 0.15) is 5.02 Å². The van der Waals surface area contributed by atoms with Gasteiger partial charge in [-0.1, -0.05) is 35.9 Å². The van der Waals surface area contributed by atoms with Gasteiger partial charge in [0.25, 0.3) is 5.56 Å². The van der Waals surface area contributed by atoms with E-state index in [4.69, 9.17) is 17.3 Å². The second-order valence-electron chi connectivity index (χ2n) is 6.63. The molecule has 0 saturated carbocycles. The molecule has 3 N–H and O–H groups in total. The van der Waals surface area contributed by atoms with E-state index in [2.05, 4.69) is 10.2 Å². The largest absolute Gasteiger partial charge is 0.369 e. The standard InChI is InChI=1S/C18H21ClN4O2/c1-12-4-2-3-5-13(12)10-18(17(20)25)6-8-23(9-7-18)14-11-21-22-16(24)15(14)19/h2-5,11H,6-10H2,1H3,(H2,20,25)(H,22,24). The van der Waals surface area contributed by atoms with Gasteiger partial charge in [-0.05, 0) is 37.3 Å². The monoisotopic (exact) mass is 360 g/mol. The summed E-state index contributed by atoms with van der Waals surface area (Å²) in [4.78, 5) is 25.9. The maximum atomic E-state index is 12.3. The molecule has 0 spiro atoms. The predicted molar refractivity (Wildman–Crippen MR) is 97.8 cm³/mol. The van der Waals surface area contributed by atoms with Gasteiger partial charge in [0, 0.05) is 13.1 Å². The first-order chi connectivity index (χ1) is 11.9. The molecule has 1 aromatic heterocycles. The van der Waals surface area contributed by atoms with Crippen molar-refractivity contribution in [3.05, 3.63) is 57.0 Å². The Hall–Kier alpha value is -2.34. The van der Waals surface area contributed by atoms with E-state index in [0.29, 0.717) is 38.0 Å². The Morgan fingerprint density at radius 1 is 1.36 bits per heavy atom. The SMILES string of the molecule is Cc1ccccc1CC1(C(N)=O)CCN(c2cn[nH]c(=O)c2Cl)CC1. The molecule has 0 atom stereocenters. The lowest BCUT2D eigenvalue weighted by atomic mass is 9.72. The summed E-state index contributed by atoms with van der Waals surface area (Å²) in [7, 11) is 0. The van der Waals surface area contributed by atoms with Crippen molar-refractivity contribution in [2.24, 2.45) is 11.1 Å². The fraction of sp³-hybridized carbons (Fsp3) is 0.389. The number of hydrogen-bond donors (Lipinski definition) is 2. The van der Waals surface area contributed by atoms with Crippen LogP contribution >= 0.6 is 11.6 Å². The summed E-state index contributed by atoms with van der Waals surface area (Å²) in [6, 6.07) is 8.05. The Bertz CT molecular complexity index is 841. The average molecular weight is 361 g/mol. The maximum absolute atomic E-state index is 12.3. The number of nitrogens with two attached hydrogens (primary N) is 1. The normalized spacial score (nSPS) is 16.6. The first-order valence-electron chi connectivity index (χ1n) is 8.25. The lowest BCUT2D eigenvalue weighted by Crippen LogP contribution is -2.48. The van der Waals surface area contributed by atoms with Crippen molar-refractivity contribution in [2.75, 3.05) is 18.0 Å². The van der Waals surface area contributed by atoms with Crippen molar-refractivity contribution < 1.29 is 4.79 Å². The number of nitrogens with zero attached hydrogens (tertiary/aromatic N) is 2. The number of nitrogens with one attached hydrogen (secondary N) is 1. The number of H-pyrrole nitrogens is 1. The Balaban J connectivity index is 1.81. The van der Waals surface area contributed by atoms with Crippen LogP contribution in [0.1, 0.15) is 24.0 Å². The molecule has 1 amide bonds. The number of aryl methyl sites for hydroxylation is 1. The lowest BCUT2D eigenvalue weighted by molar-refractivity contribution is -0.128. The van der Waals surface area contributed by atoms with Crippen LogP contribution in [-0.2, 0) is 11.2 Å². The molecule has 25 heavy (non-hydrogen) atoms. The first-order valence-corrected chi connectivity index (χ1v) is 8.63. The third-order valence-corrected chi connectivity index (χ3v) is 5.52. The number of benzene rings is 1. The number of piperidine rings is 1. The summed E-state index contributed by atoms with van der Waals surface area (Å²) in [5, 5.41) is 6.26. The van der Waals surface area contributed by atoms with E-state index in [1.807, 2.05) is 36.1 Å². The Morgan fingerprint density at radius 2 is 2.04 bits per heavy atom. The highest BCUT2D eigenvalue weighted by atomic mass is 35.5. The highest BCUT2D eigenvalue weighted by molar-refractivity contribution is 6.33. The predicted octanol–water partition coefficient (Wildman–Crippen LogP) is 2.05. The zero-order valence-electron chi connectivity index (χ0n) is 14.1. The van der Waals surface area contributed by atoms with Crippen LogP contribution in [0.25, 0.3) is 0 Å². The molecule has 0 bridgehead atoms. The zero-order chi connectivity index (χ0) is 18.0. The molecule has 132 valence electrons. The van der Waals surface area contributed by atoms with Crippen molar-refractivity contribution in [2.45, 2.75) is 26.2 Å². The van der Waals surface area contributed by atoms with Gasteiger partial charge in [-0.2, -0.15) is 5.10 Å². The number of rotatable bonds is 4. The maximum Gasteiger partial charge on any atom is 0.285 e. The Labute approximate surface area is 151 Å². The number of carbonyl (C=O) groups excluding carboxylic acids is 1. The second kappa shape index (κ2) is 6.88. The molecule has 1 fully saturated rings. The molecule has 2 aromatic rings. The van der Waals surface area contributed by atoms with Crippen molar-refractivity contribution in [1.29, 1.82) is 0 Å². The smallest absolute Gasteiger partial charge is 0.285 e. The number of amides is 1. The summed E-state index contributed by atoms with van der Waals surface area (Å²) >= 11 is 6.09.